The molecule has 1 amide bonds. The van der Waals surface area contributed by atoms with E-state index in [2.05, 4.69) is 10.3 Å². The summed E-state index contributed by atoms with van der Waals surface area (Å²) in [5, 5.41) is 11.7. The third-order valence-electron chi connectivity index (χ3n) is 3.40. The number of carboxylic acid groups (broad SMARTS) is 1. The van der Waals surface area contributed by atoms with Crippen LogP contribution >= 0.6 is 0 Å². The van der Waals surface area contributed by atoms with Crippen LogP contribution in [0.3, 0.4) is 0 Å². The van der Waals surface area contributed by atoms with Gasteiger partial charge in [0.05, 0.1) is 6.61 Å². The smallest absolute Gasteiger partial charge is 0.326 e. The number of hydrogen-bond donors (Lipinski definition) is 2. The molecule has 2 N–H and O–H groups in total. The summed E-state index contributed by atoms with van der Waals surface area (Å²) < 4.78 is 10.2. The number of carbonyl (C=O) groups is 2. The summed E-state index contributed by atoms with van der Waals surface area (Å²) in [6, 6.07) is 2.15. The SMILES string of the molecule is COCCOc1cc(C(=O)NC(CC2CC2)C(=O)O)ccn1. The molecule has 0 saturated heterocycles. The lowest BCUT2D eigenvalue weighted by molar-refractivity contribution is -0.139. The maximum absolute atomic E-state index is 12.2. The minimum atomic E-state index is -1.01. The Kier molecular flexibility index (Phi) is 5.71. The molecule has 1 unspecified atom stereocenters. The minimum absolute atomic E-state index is 0.304. The summed E-state index contributed by atoms with van der Waals surface area (Å²) in [5.74, 6) is -0.733. The topological polar surface area (TPSA) is 97.8 Å². The fourth-order valence-electron chi connectivity index (χ4n) is 2.01. The summed E-state index contributed by atoms with van der Waals surface area (Å²) in [6.45, 7) is 0.745. The summed E-state index contributed by atoms with van der Waals surface area (Å²) in [6.07, 6.45) is 4.00. The number of carbonyl (C=O) groups excluding carboxylic acids is 1. The van der Waals surface area contributed by atoms with Crippen molar-refractivity contribution in [1.82, 2.24) is 10.3 Å². The Bertz CT molecular complexity index is 530. The molecule has 1 saturated carbocycles. The zero-order valence-electron chi connectivity index (χ0n) is 12.4. The molecule has 0 radical (unpaired) electrons. The van der Waals surface area contributed by atoms with Crippen LogP contribution in [0.4, 0.5) is 0 Å². The molecule has 22 heavy (non-hydrogen) atoms. The molecule has 1 fully saturated rings. The van der Waals surface area contributed by atoms with E-state index in [9.17, 15) is 14.7 Å². The van der Waals surface area contributed by atoms with E-state index in [1.54, 1.807) is 7.11 Å². The van der Waals surface area contributed by atoms with Crippen LogP contribution in [0.2, 0.25) is 0 Å². The Morgan fingerprint density at radius 2 is 2.23 bits per heavy atom. The van der Waals surface area contributed by atoms with E-state index in [1.165, 1.54) is 18.3 Å². The fourth-order valence-corrected chi connectivity index (χ4v) is 2.01. The third kappa shape index (κ3) is 5.00. The van der Waals surface area contributed by atoms with Gasteiger partial charge in [0, 0.05) is 24.9 Å². The largest absolute Gasteiger partial charge is 0.480 e. The molecule has 0 aliphatic heterocycles. The van der Waals surface area contributed by atoms with Gasteiger partial charge in [-0.25, -0.2) is 9.78 Å². The first-order chi connectivity index (χ1) is 10.6. The number of methoxy groups -OCH3 is 1. The quantitative estimate of drug-likeness (QED) is 0.663. The first-order valence-corrected chi connectivity index (χ1v) is 7.21. The van der Waals surface area contributed by atoms with Crippen LogP contribution in [0.25, 0.3) is 0 Å². The third-order valence-corrected chi connectivity index (χ3v) is 3.40. The van der Waals surface area contributed by atoms with E-state index >= 15 is 0 Å². The predicted octanol–water partition coefficient (Wildman–Crippen LogP) is 1.09. The molecule has 0 aromatic carbocycles. The number of hydrogen-bond acceptors (Lipinski definition) is 5. The van der Waals surface area contributed by atoms with Gasteiger partial charge in [0.25, 0.3) is 5.91 Å². The molecule has 7 nitrogen and oxygen atoms in total. The Morgan fingerprint density at radius 3 is 2.86 bits per heavy atom. The van der Waals surface area contributed by atoms with Crippen LogP contribution in [0.5, 0.6) is 5.88 Å². The Balaban J connectivity index is 1.95. The van der Waals surface area contributed by atoms with Gasteiger partial charge in [-0.15, -0.1) is 0 Å². The van der Waals surface area contributed by atoms with E-state index in [0.717, 1.165) is 12.8 Å². The molecular weight excluding hydrogens is 288 g/mol. The van der Waals surface area contributed by atoms with Crippen LogP contribution in [0.1, 0.15) is 29.6 Å². The number of rotatable bonds is 9. The molecular formula is C15H20N2O5. The lowest BCUT2D eigenvalue weighted by atomic mass is 10.1. The van der Waals surface area contributed by atoms with Crippen molar-refractivity contribution in [3.8, 4) is 5.88 Å². The summed E-state index contributed by atoms with van der Waals surface area (Å²) in [7, 11) is 1.56. The molecule has 7 heteroatoms. The van der Waals surface area contributed by atoms with Gasteiger partial charge in [0.15, 0.2) is 0 Å². The number of pyridine rings is 1. The first kappa shape index (κ1) is 16.2. The van der Waals surface area contributed by atoms with Crippen molar-refractivity contribution >= 4 is 11.9 Å². The molecule has 1 aromatic heterocycles. The van der Waals surface area contributed by atoms with Crippen molar-refractivity contribution in [2.75, 3.05) is 20.3 Å². The molecule has 0 spiro atoms. The Hall–Kier alpha value is -2.15. The lowest BCUT2D eigenvalue weighted by Gasteiger charge is -2.14. The number of aromatic nitrogens is 1. The minimum Gasteiger partial charge on any atom is -0.480 e. The van der Waals surface area contributed by atoms with E-state index in [1.807, 2.05) is 0 Å². The molecule has 0 bridgehead atoms. The monoisotopic (exact) mass is 308 g/mol. The molecule has 1 aliphatic rings. The van der Waals surface area contributed by atoms with E-state index in [4.69, 9.17) is 9.47 Å². The fraction of sp³-hybridized carbons (Fsp3) is 0.533. The van der Waals surface area contributed by atoms with Crippen molar-refractivity contribution in [2.45, 2.75) is 25.3 Å². The maximum Gasteiger partial charge on any atom is 0.326 e. The van der Waals surface area contributed by atoms with Gasteiger partial charge >= 0.3 is 5.97 Å². The highest BCUT2D eigenvalue weighted by Crippen LogP contribution is 2.33. The number of nitrogens with one attached hydrogen (secondary N) is 1. The molecule has 1 heterocycles. The highest BCUT2D eigenvalue weighted by Gasteiger charge is 2.30. The molecule has 1 atom stereocenters. The normalized spacial score (nSPS) is 15.1. The Morgan fingerprint density at radius 1 is 1.45 bits per heavy atom. The van der Waals surface area contributed by atoms with Crippen molar-refractivity contribution in [3.05, 3.63) is 23.9 Å². The van der Waals surface area contributed by atoms with Gasteiger partial charge in [-0.3, -0.25) is 4.79 Å². The summed E-state index contributed by atoms with van der Waals surface area (Å²) in [5.41, 5.74) is 0.324. The van der Waals surface area contributed by atoms with Crippen molar-refractivity contribution in [3.63, 3.8) is 0 Å². The van der Waals surface area contributed by atoms with Crippen LogP contribution in [0.15, 0.2) is 18.3 Å². The zero-order chi connectivity index (χ0) is 15.9. The second-order valence-electron chi connectivity index (χ2n) is 5.27. The number of aliphatic carboxylic acids is 1. The summed E-state index contributed by atoms with van der Waals surface area (Å²) >= 11 is 0. The van der Waals surface area contributed by atoms with Crippen molar-refractivity contribution < 1.29 is 24.2 Å². The van der Waals surface area contributed by atoms with Gasteiger partial charge in [0.2, 0.25) is 5.88 Å². The average Bonchev–Trinajstić information content (AvgIpc) is 3.31. The predicted molar refractivity (Wildman–Crippen MR) is 77.8 cm³/mol. The summed E-state index contributed by atoms with van der Waals surface area (Å²) in [4.78, 5) is 27.4. The van der Waals surface area contributed by atoms with Crippen LogP contribution < -0.4 is 10.1 Å². The van der Waals surface area contributed by atoms with Crippen LogP contribution in [0, 0.1) is 5.92 Å². The average molecular weight is 308 g/mol. The second-order valence-corrected chi connectivity index (χ2v) is 5.27. The van der Waals surface area contributed by atoms with Crippen molar-refractivity contribution in [2.24, 2.45) is 5.92 Å². The maximum atomic E-state index is 12.2. The first-order valence-electron chi connectivity index (χ1n) is 7.21. The molecule has 1 aliphatic carbocycles. The standard InChI is InChI=1S/C15H20N2O5/c1-21-6-7-22-13-9-11(4-5-16-13)14(18)17-12(15(19)20)8-10-2-3-10/h4-5,9-10,12H,2-3,6-8H2,1H3,(H,17,18)(H,19,20). The second kappa shape index (κ2) is 7.74. The van der Waals surface area contributed by atoms with Gasteiger partial charge < -0.3 is 19.9 Å². The zero-order valence-corrected chi connectivity index (χ0v) is 12.4. The van der Waals surface area contributed by atoms with E-state index < -0.39 is 17.9 Å². The van der Waals surface area contributed by atoms with Gasteiger partial charge in [-0.1, -0.05) is 12.8 Å². The lowest BCUT2D eigenvalue weighted by Crippen LogP contribution is -2.41. The highest BCUT2D eigenvalue weighted by atomic mass is 16.5. The van der Waals surface area contributed by atoms with Gasteiger partial charge in [-0.05, 0) is 18.4 Å². The van der Waals surface area contributed by atoms with Gasteiger partial charge in [-0.2, -0.15) is 0 Å². The van der Waals surface area contributed by atoms with Crippen LogP contribution in [-0.4, -0.2) is 48.3 Å². The number of carboxylic acids is 1. The Labute approximate surface area is 128 Å². The van der Waals surface area contributed by atoms with Gasteiger partial charge in [0.1, 0.15) is 12.6 Å². The number of nitrogens with zero attached hydrogens (tertiary/aromatic N) is 1. The number of amides is 1. The van der Waals surface area contributed by atoms with Crippen LogP contribution in [-0.2, 0) is 9.53 Å². The van der Waals surface area contributed by atoms with E-state index in [-0.39, 0.29) is 0 Å². The molecule has 2 rings (SSSR count). The van der Waals surface area contributed by atoms with Crippen molar-refractivity contribution in [1.29, 1.82) is 0 Å². The molecule has 120 valence electrons. The highest BCUT2D eigenvalue weighted by molar-refractivity contribution is 5.96. The molecule has 1 aromatic rings. The number of ether oxygens (including phenoxy) is 2. The van der Waals surface area contributed by atoms with E-state index in [0.29, 0.717) is 37.0 Å².